The van der Waals surface area contributed by atoms with E-state index in [-0.39, 0.29) is 10.2 Å². The van der Waals surface area contributed by atoms with Crippen molar-refractivity contribution >= 4 is 15.9 Å². The minimum Gasteiger partial charge on any atom is -0.454 e. The fourth-order valence-corrected chi connectivity index (χ4v) is 1.88. The Hall–Kier alpha value is -1.46. The zero-order valence-corrected chi connectivity index (χ0v) is 11.6. The summed E-state index contributed by atoms with van der Waals surface area (Å²) in [6.45, 7) is 1.55. The first-order chi connectivity index (χ1) is 8.97. The quantitative estimate of drug-likeness (QED) is 0.894. The molecule has 1 N–H and O–H groups in total. The molecule has 0 aliphatic rings. The second-order valence-electron chi connectivity index (χ2n) is 4.04. The SMILES string of the molecule is C[C@@H](O)c1ccc(Oc2ccc(F)c(Br)c2)c(F)c1. The molecule has 0 amide bonds. The third kappa shape index (κ3) is 3.30. The number of rotatable bonds is 3. The van der Waals surface area contributed by atoms with Gasteiger partial charge in [0.15, 0.2) is 11.6 Å². The van der Waals surface area contributed by atoms with Crippen LogP contribution in [0.15, 0.2) is 40.9 Å². The van der Waals surface area contributed by atoms with Gasteiger partial charge in [-0.25, -0.2) is 8.78 Å². The maximum atomic E-state index is 13.8. The lowest BCUT2D eigenvalue weighted by atomic mass is 10.1. The number of ether oxygens (including phenoxy) is 1. The summed E-state index contributed by atoms with van der Waals surface area (Å²) in [6, 6.07) is 8.25. The molecule has 0 radical (unpaired) electrons. The van der Waals surface area contributed by atoms with Crippen LogP contribution in [0.4, 0.5) is 8.78 Å². The molecule has 5 heteroatoms. The molecule has 0 unspecified atom stereocenters. The van der Waals surface area contributed by atoms with E-state index in [0.29, 0.717) is 11.3 Å². The molecule has 2 rings (SSSR count). The molecule has 0 aliphatic carbocycles. The third-order valence-corrected chi connectivity index (χ3v) is 3.16. The number of aliphatic hydroxyl groups excluding tert-OH is 1. The van der Waals surface area contributed by atoms with Crippen molar-refractivity contribution in [2.24, 2.45) is 0 Å². The zero-order valence-electron chi connectivity index (χ0n) is 10.0. The Kier molecular flexibility index (Phi) is 4.17. The van der Waals surface area contributed by atoms with Crippen molar-refractivity contribution in [2.75, 3.05) is 0 Å². The molecule has 100 valence electrons. The van der Waals surface area contributed by atoms with Crippen molar-refractivity contribution in [1.29, 1.82) is 0 Å². The molecule has 2 aromatic carbocycles. The molecule has 0 bridgehead atoms. The molecule has 0 heterocycles. The normalized spacial score (nSPS) is 12.3. The Labute approximate surface area is 117 Å². The van der Waals surface area contributed by atoms with Gasteiger partial charge < -0.3 is 9.84 Å². The Morgan fingerprint density at radius 3 is 2.42 bits per heavy atom. The monoisotopic (exact) mass is 328 g/mol. The second-order valence-corrected chi connectivity index (χ2v) is 4.90. The summed E-state index contributed by atoms with van der Waals surface area (Å²) in [7, 11) is 0. The van der Waals surface area contributed by atoms with Crippen molar-refractivity contribution in [2.45, 2.75) is 13.0 Å². The van der Waals surface area contributed by atoms with Crippen LogP contribution in [0.2, 0.25) is 0 Å². The van der Waals surface area contributed by atoms with Crippen molar-refractivity contribution in [1.82, 2.24) is 0 Å². The number of hydrogen-bond acceptors (Lipinski definition) is 2. The van der Waals surface area contributed by atoms with Crippen molar-refractivity contribution in [3.63, 3.8) is 0 Å². The molecule has 2 nitrogen and oxygen atoms in total. The van der Waals surface area contributed by atoms with E-state index in [1.807, 2.05) is 0 Å². The Bertz CT molecular complexity index is 600. The van der Waals surface area contributed by atoms with E-state index in [1.165, 1.54) is 30.3 Å². The Morgan fingerprint density at radius 2 is 1.84 bits per heavy atom. The first-order valence-corrected chi connectivity index (χ1v) is 6.37. The summed E-state index contributed by atoms with van der Waals surface area (Å²) in [4.78, 5) is 0. The van der Waals surface area contributed by atoms with E-state index in [1.54, 1.807) is 13.0 Å². The average molecular weight is 329 g/mol. The van der Waals surface area contributed by atoms with Crippen LogP contribution in [0.3, 0.4) is 0 Å². The fourth-order valence-electron chi connectivity index (χ4n) is 1.53. The lowest BCUT2D eigenvalue weighted by molar-refractivity contribution is 0.198. The lowest BCUT2D eigenvalue weighted by Crippen LogP contribution is -1.94. The van der Waals surface area contributed by atoms with Crippen LogP contribution in [-0.4, -0.2) is 5.11 Å². The molecule has 0 aliphatic heterocycles. The van der Waals surface area contributed by atoms with Gasteiger partial charge in [0.05, 0.1) is 10.6 Å². The summed E-state index contributed by atoms with van der Waals surface area (Å²) < 4.78 is 32.4. The van der Waals surface area contributed by atoms with Gasteiger partial charge in [0.1, 0.15) is 11.6 Å². The lowest BCUT2D eigenvalue weighted by Gasteiger charge is -2.10. The van der Waals surface area contributed by atoms with Crippen LogP contribution in [0.5, 0.6) is 11.5 Å². The van der Waals surface area contributed by atoms with E-state index < -0.39 is 17.7 Å². The molecule has 0 aromatic heterocycles. The van der Waals surface area contributed by atoms with Gasteiger partial charge in [-0.1, -0.05) is 6.07 Å². The van der Waals surface area contributed by atoms with Crippen LogP contribution in [0.1, 0.15) is 18.6 Å². The minimum absolute atomic E-state index is 0.0166. The Balaban J connectivity index is 2.25. The molecule has 1 atom stereocenters. The van der Waals surface area contributed by atoms with Crippen LogP contribution in [0.25, 0.3) is 0 Å². The maximum Gasteiger partial charge on any atom is 0.166 e. The average Bonchev–Trinajstić information content (AvgIpc) is 2.36. The standard InChI is InChI=1S/C14H11BrF2O2/c1-8(18)9-2-5-14(13(17)6-9)19-10-3-4-12(16)11(15)7-10/h2-8,18H,1H3/t8-/m1/s1. The van der Waals surface area contributed by atoms with E-state index in [0.717, 1.165) is 0 Å². The van der Waals surface area contributed by atoms with Crippen molar-refractivity contribution in [3.8, 4) is 11.5 Å². The molecular formula is C14H11BrF2O2. The Morgan fingerprint density at radius 1 is 1.11 bits per heavy atom. The van der Waals surface area contributed by atoms with Gasteiger partial charge in [-0.15, -0.1) is 0 Å². The van der Waals surface area contributed by atoms with Gasteiger partial charge in [-0.05, 0) is 58.7 Å². The van der Waals surface area contributed by atoms with E-state index in [9.17, 15) is 13.9 Å². The zero-order chi connectivity index (χ0) is 14.0. The molecule has 0 saturated heterocycles. The molecule has 0 fully saturated rings. The number of benzene rings is 2. The van der Waals surface area contributed by atoms with Crippen LogP contribution >= 0.6 is 15.9 Å². The molecule has 2 aromatic rings. The predicted molar refractivity (Wildman–Crippen MR) is 71.2 cm³/mol. The van der Waals surface area contributed by atoms with Gasteiger partial charge in [0.2, 0.25) is 0 Å². The third-order valence-electron chi connectivity index (χ3n) is 2.56. The van der Waals surface area contributed by atoms with Crippen molar-refractivity contribution < 1.29 is 18.6 Å². The van der Waals surface area contributed by atoms with Crippen LogP contribution in [0, 0.1) is 11.6 Å². The van der Waals surface area contributed by atoms with Gasteiger partial charge >= 0.3 is 0 Å². The first kappa shape index (κ1) is 14.0. The summed E-state index contributed by atoms with van der Waals surface area (Å²) in [6.07, 6.45) is -0.747. The second kappa shape index (κ2) is 5.67. The van der Waals surface area contributed by atoms with E-state index in [2.05, 4.69) is 15.9 Å². The van der Waals surface area contributed by atoms with Crippen molar-refractivity contribution in [3.05, 3.63) is 58.1 Å². The predicted octanol–water partition coefficient (Wildman–Crippen LogP) is 4.57. The molecule has 0 saturated carbocycles. The van der Waals surface area contributed by atoms with E-state index in [4.69, 9.17) is 4.74 Å². The van der Waals surface area contributed by atoms with E-state index >= 15 is 0 Å². The first-order valence-electron chi connectivity index (χ1n) is 5.58. The topological polar surface area (TPSA) is 29.5 Å². The number of halogens is 3. The largest absolute Gasteiger partial charge is 0.454 e. The summed E-state index contributed by atoms with van der Waals surface area (Å²) in [5, 5.41) is 9.34. The van der Waals surface area contributed by atoms with Gasteiger partial charge in [0, 0.05) is 0 Å². The number of aliphatic hydroxyl groups is 1. The maximum absolute atomic E-state index is 13.8. The van der Waals surface area contributed by atoms with Gasteiger partial charge in [0.25, 0.3) is 0 Å². The summed E-state index contributed by atoms with van der Waals surface area (Å²) in [5.74, 6) is -0.670. The highest BCUT2D eigenvalue weighted by Crippen LogP contribution is 2.29. The molecule has 19 heavy (non-hydrogen) atoms. The highest BCUT2D eigenvalue weighted by molar-refractivity contribution is 9.10. The van der Waals surface area contributed by atoms with Crippen LogP contribution in [-0.2, 0) is 0 Å². The fraction of sp³-hybridized carbons (Fsp3) is 0.143. The number of hydrogen-bond donors (Lipinski definition) is 1. The molecule has 0 spiro atoms. The summed E-state index contributed by atoms with van der Waals surface area (Å²) >= 11 is 3.03. The summed E-state index contributed by atoms with van der Waals surface area (Å²) in [5.41, 5.74) is 0.463. The highest BCUT2D eigenvalue weighted by atomic mass is 79.9. The van der Waals surface area contributed by atoms with Crippen LogP contribution < -0.4 is 4.74 Å². The highest BCUT2D eigenvalue weighted by Gasteiger charge is 2.09. The smallest absolute Gasteiger partial charge is 0.166 e. The molecular weight excluding hydrogens is 318 g/mol. The van der Waals surface area contributed by atoms with Gasteiger partial charge in [-0.3, -0.25) is 0 Å². The minimum atomic E-state index is -0.747. The van der Waals surface area contributed by atoms with Gasteiger partial charge in [-0.2, -0.15) is 0 Å².